The molecule has 0 fully saturated rings. The molecule has 0 amide bonds. The van der Waals surface area contributed by atoms with E-state index in [1.807, 2.05) is 29.8 Å². The molecule has 2 aromatic rings. The summed E-state index contributed by atoms with van der Waals surface area (Å²) in [6.07, 6.45) is 5.02. The van der Waals surface area contributed by atoms with Gasteiger partial charge in [-0.2, -0.15) is 0 Å². The summed E-state index contributed by atoms with van der Waals surface area (Å²) < 4.78 is 16.0. The minimum Gasteiger partial charge on any atom is -0.324 e. The molecule has 0 saturated heterocycles. The van der Waals surface area contributed by atoms with Crippen molar-refractivity contribution in [3.63, 3.8) is 0 Å². The van der Waals surface area contributed by atoms with Gasteiger partial charge in [-0.05, 0) is 49.4 Å². The second-order valence-corrected chi connectivity index (χ2v) is 4.99. The SMILES string of the molecule is Cc1cccc(F)c1-n1ccc2c1CCCC2N. The van der Waals surface area contributed by atoms with E-state index in [-0.39, 0.29) is 11.9 Å². The maximum absolute atomic E-state index is 14.0. The van der Waals surface area contributed by atoms with Crippen LogP contribution < -0.4 is 5.73 Å². The van der Waals surface area contributed by atoms with Crippen LogP contribution in [0.25, 0.3) is 5.69 Å². The number of aromatic nitrogens is 1. The molecule has 1 unspecified atom stereocenters. The van der Waals surface area contributed by atoms with Gasteiger partial charge in [-0.15, -0.1) is 0 Å². The molecule has 0 saturated carbocycles. The summed E-state index contributed by atoms with van der Waals surface area (Å²) in [4.78, 5) is 0. The van der Waals surface area contributed by atoms with Gasteiger partial charge in [0.15, 0.2) is 0 Å². The Bertz CT molecular complexity index is 566. The maximum atomic E-state index is 14.0. The van der Waals surface area contributed by atoms with Crippen LogP contribution in [0.2, 0.25) is 0 Å². The molecule has 1 heterocycles. The first-order valence-electron chi connectivity index (χ1n) is 6.39. The zero-order valence-corrected chi connectivity index (χ0v) is 10.5. The molecule has 0 spiro atoms. The Morgan fingerprint density at radius 2 is 2.17 bits per heavy atom. The number of nitrogens with two attached hydrogens (primary N) is 1. The molecule has 94 valence electrons. The highest BCUT2D eigenvalue weighted by molar-refractivity contribution is 5.46. The molecule has 0 aliphatic heterocycles. The number of hydrogen-bond donors (Lipinski definition) is 1. The van der Waals surface area contributed by atoms with Crippen LogP contribution in [-0.2, 0) is 6.42 Å². The van der Waals surface area contributed by atoms with E-state index in [0.29, 0.717) is 5.69 Å². The molecule has 2 nitrogen and oxygen atoms in total. The lowest BCUT2D eigenvalue weighted by molar-refractivity contribution is 0.555. The van der Waals surface area contributed by atoms with Crippen LogP contribution >= 0.6 is 0 Å². The summed E-state index contributed by atoms with van der Waals surface area (Å²) in [5.41, 5.74) is 10.1. The van der Waals surface area contributed by atoms with Gasteiger partial charge < -0.3 is 10.3 Å². The predicted octanol–water partition coefficient (Wildman–Crippen LogP) is 3.26. The Balaban J connectivity index is 2.19. The summed E-state index contributed by atoms with van der Waals surface area (Å²) in [6, 6.07) is 7.33. The first-order chi connectivity index (χ1) is 8.68. The quantitative estimate of drug-likeness (QED) is 0.820. The van der Waals surface area contributed by atoms with E-state index < -0.39 is 0 Å². The van der Waals surface area contributed by atoms with E-state index >= 15 is 0 Å². The normalized spacial score (nSPS) is 18.7. The second kappa shape index (κ2) is 4.25. The van der Waals surface area contributed by atoms with Crippen LogP contribution in [0.4, 0.5) is 4.39 Å². The van der Waals surface area contributed by atoms with Crippen LogP contribution in [-0.4, -0.2) is 4.57 Å². The van der Waals surface area contributed by atoms with Crippen LogP contribution in [0.3, 0.4) is 0 Å². The monoisotopic (exact) mass is 244 g/mol. The van der Waals surface area contributed by atoms with Crippen molar-refractivity contribution in [2.24, 2.45) is 5.73 Å². The van der Waals surface area contributed by atoms with Crippen molar-refractivity contribution in [1.29, 1.82) is 0 Å². The van der Waals surface area contributed by atoms with E-state index in [9.17, 15) is 4.39 Å². The van der Waals surface area contributed by atoms with Gasteiger partial charge in [0.2, 0.25) is 0 Å². The van der Waals surface area contributed by atoms with Crippen LogP contribution in [0, 0.1) is 12.7 Å². The lowest BCUT2D eigenvalue weighted by Crippen LogP contribution is -2.18. The van der Waals surface area contributed by atoms with Crippen molar-refractivity contribution in [1.82, 2.24) is 4.57 Å². The van der Waals surface area contributed by atoms with Gasteiger partial charge >= 0.3 is 0 Å². The van der Waals surface area contributed by atoms with Gasteiger partial charge in [0.1, 0.15) is 5.82 Å². The molecule has 3 rings (SSSR count). The minimum atomic E-state index is -0.174. The van der Waals surface area contributed by atoms with Gasteiger partial charge in [0.25, 0.3) is 0 Å². The van der Waals surface area contributed by atoms with Crippen molar-refractivity contribution >= 4 is 0 Å². The Hall–Kier alpha value is -1.61. The Morgan fingerprint density at radius 3 is 2.94 bits per heavy atom. The van der Waals surface area contributed by atoms with E-state index in [0.717, 1.165) is 24.8 Å². The maximum Gasteiger partial charge on any atom is 0.147 e. The van der Waals surface area contributed by atoms with Crippen molar-refractivity contribution in [2.45, 2.75) is 32.2 Å². The minimum absolute atomic E-state index is 0.0991. The fourth-order valence-corrected chi connectivity index (χ4v) is 2.87. The number of aryl methyl sites for hydroxylation is 1. The average molecular weight is 244 g/mol. The molecule has 1 aliphatic carbocycles. The number of fused-ring (bicyclic) bond motifs is 1. The highest BCUT2D eigenvalue weighted by Crippen LogP contribution is 2.32. The average Bonchev–Trinajstić information content (AvgIpc) is 2.75. The lowest BCUT2D eigenvalue weighted by Gasteiger charge is -2.21. The molecular formula is C15H17FN2. The molecule has 0 bridgehead atoms. The van der Waals surface area contributed by atoms with Gasteiger partial charge in [-0.25, -0.2) is 4.39 Å². The molecular weight excluding hydrogens is 227 g/mol. The summed E-state index contributed by atoms with van der Waals surface area (Å²) >= 11 is 0. The molecule has 1 atom stereocenters. The molecule has 3 heteroatoms. The molecule has 1 aromatic carbocycles. The predicted molar refractivity (Wildman–Crippen MR) is 70.3 cm³/mol. The van der Waals surface area contributed by atoms with Crippen LogP contribution in [0.1, 0.15) is 35.7 Å². The number of nitrogens with zero attached hydrogens (tertiary/aromatic N) is 1. The summed E-state index contributed by atoms with van der Waals surface area (Å²) in [7, 11) is 0. The van der Waals surface area contributed by atoms with Gasteiger partial charge in [-0.1, -0.05) is 12.1 Å². The van der Waals surface area contributed by atoms with E-state index in [1.54, 1.807) is 6.07 Å². The summed E-state index contributed by atoms with van der Waals surface area (Å²) in [5.74, 6) is -0.174. The van der Waals surface area contributed by atoms with Crippen molar-refractivity contribution in [2.75, 3.05) is 0 Å². The topological polar surface area (TPSA) is 30.9 Å². The molecule has 1 aliphatic rings. The number of rotatable bonds is 1. The van der Waals surface area contributed by atoms with E-state index in [1.165, 1.54) is 17.3 Å². The smallest absolute Gasteiger partial charge is 0.147 e. The third-order valence-corrected chi connectivity index (χ3v) is 3.78. The highest BCUT2D eigenvalue weighted by Gasteiger charge is 2.22. The lowest BCUT2D eigenvalue weighted by atomic mass is 9.93. The summed E-state index contributed by atoms with van der Waals surface area (Å²) in [5, 5.41) is 0. The number of para-hydroxylation sites is 1. The van der Waals surface area contributed by atoms with Gasteiger partial charge in [0, 0.05) is 17.9 Å². The Morgan fingerprint density at radius 1 is 1.33 bits per heavy atom. The fraction of sp³-hybridized carbons (Fsp3) is 0.333. The Labute approximate surface area is 106 Å². The van der Waals surface area contributed by atoms with Gasteiger partial charge in [-0.3, -0.25) is 0 Å². The summed E-state index contributed by atoms with van der Waals surface area (Å²) in [6.45, 7) is 1.94. The molecule has 2 N–H and O–H groups in total. The number of benzene rings is 1. The van der Waals surface area contributed by atoms with E-state index in [2.05, 4.69) is 0 Å². The molecule has 0 radical (unpaired) electrons. The second-order valence-electron chi connectivity index (χ2n) is 4.99. The zero-order valence-electron chi connectivity index (χ0n) is 10.5. The number of hydrogen-bond acceptors (Lipinski definition) is 1. The van der Waals surface area contributed by atoms with Gasteiger partial charge in [0.05, 0.1) is 5.69 Å². The van der Waals surface area contributed by atoms with Crippen molar-refractivity contribution in [3.8, 4) is 5.69 Å². The highest BCUT2D eigenvalue weighted by atomic mass is 19.1. The van der Waals surface area contributed by atoms with Crippen LogP contribution in [0.5, 0.6) is 0 Å². The molecule has 1 aromatic heterocycles. The fourth-order valence-electron chi connectivity index (χ4n) is 2.87. The first kappa shape index (κ1) is 11.5. The number of halogens is 1. The van der Waals surface area contributed by atoms with Crippen LogP contribution in [0.15, 0.2) is 30.5 Å². The molecule has 18 heavy (non-hydrogen) atoms. The Kier molecular flexibility index (Phi) is 2.71. The van der Waals surface area contributed by atoms with E-state index in [4.69, 9.17) is 5.73 Å². The standard InChI is InChI=1S/C15H17FN2/c1-10-4-2-5-12(16)15(10)18-9-8-11-13(17)6-3-7-14(11)18/h2,4-5,8-9,13H,3,6-7,17H2,1H3. The first-order valence-corrected chi connectivity index (χ1v) is 6.39. The van der Waals surface area contributed by atoms with Crippen molar-refractivity contribution < 1.29 is 4.39 Å². The third kappa shape index (κ3) is 1.66. The van der Waals surface area contributed by atoms with Crippen molar-refractivity contribution in [3.05, 3.63) is 53.1 Å². The zero-order chi connectivity index (χ0) is 12.7. The third-order valence-electron chi connectivity index (χ3n) is 3.78. The largest absolute Gasteiger partial charge is 0.324 e.